The van der Waals surface area contributed by atoms with Crippen molar-refractivity contribution in [2.45, 2.75) is 12.0 Å². The molecule has 30 heavy (non-hydrogen) atoms. The molecule has 4 rings (SSSR count). The van der Waals surface area contributed by atoms with E-state index in [-0.39, 0.29) is 11.1 Å². The van der Waals surface area contributed by atoms with Gasteiger partial charge in [0.15, 0.2) is 0 Å². The van der Waals surface area contributed by atoms with Crippen molar-refractivity contribution >= 4 is 17.8 Å². The molecule has 0 heterocycles. The molecule has 1 amide bonds. The number of hydrogen-bond acceptors (Lipinski definition) is 4. The van der Waals surface area contributed by atoms with E-state index >= 15 is 0 Å². The lowest BCUT2D eigenvalue weighted by molar-refractivity contribution is -0.139. The summed E-state index contributed by atoms with van der Waals surface area (Å²) >= 11 is 0. The number of methoxy groups -OCH3 is 1. The average Bonchev–Trinajstić information content (AvgIpc) is 3.11. The standard InChI is InChI=1S/C24H19NO5/c1-30-24(29)15-8-6-7-14(13-15)22(26)25-21(23(27)28)20-18-11-4-2-9-16(18)17-10-3-5-12-19(17)20/h2-13,20-21H,1H3,(H,25,26)(H,27,28)/t21-/m1/s1. The average molecular weight is 401 g/mol. The van der Waals surface area contributed by atoms with Gasteiger partial charge in [0.25, 0.3) is 5.91 Å². The van der Waals surface area contributed by atoms with Crippen molar-refractivity contribution in [2.75, 3.05) is 7.11 Å². The van der Waals surface area contributed by atoms with Gasteiger partial charge >= 0.3 is 11.9 Å². The zero-order chi connectivity index (χ0) is 21.3. The number of rotatable bonds is 5. The first-order valence-corrected chi connectivity index (χ1v) is 9.41. The summed E-state index contributed by atoms with van der Waals surface area (Å²) in [6.45, 7) is 0. The van der Waals surface area contributed by atoms with Crippen LogP contribution in [0.2, 0.25) is 0 Å². The maximum Gasteiger partial charge on any atom is 0.337 e. The Balaban J connectivity index is 1.70. The van der Waals surface area contributed by atoms with Gasteiger partial charge in [-0.15, -0.1) is 0 Å². The van der Waals surface area contributed by atoms with Gasteiger partial charge in [-0.25, -0.2) is 9.59 Å². The zero-order valence-electron chi connectivity index (χ0n) is 16.2. The largest absolute Gasteiger partial charge is 0.480 e. The van der Waals surface area contributed by atoms with E-state index < -0.39 is 29.8 Å². The molecular weight excluding hydrogens is 382 g/mol. The molecule has 6 heteroatoms. The van der Waals surface area contributed by atoms with Crippen LogP contribution in [-0.4, -0.2) is 36.1 Å². The van der Waals surface area contributed by atoms with Gasteiger partial charge in [-0.1, -0.05) is 54.6 Å². The number of ether oxygens (including phenoxy) is 1. The van der Waals surface area contributed by atoms with Gasteiger partial charge in [0.05, 0.1) is 12.7 Å². The van der Waals surface area contributed by atoms with Crippen LogP contribution >= 0.6 is 0 Å². The van der Waals surface area contributed by atoms with E-state index in [9.17, 15) is 19.5 Å². The van der Waals surface area contributed by atoms with Gasteiger partial charge in [-0.05, 0) is 40.5 Å². The minimum absolute atomic E-state index is 0.184. The summed E-state index contributed by atoms with van der Waals surface area (Å²) in [5, 5.41) is 12.6. The van der Waals surface area contributed by atoms with Gasteiger partial charge in [0, 0.05) is 11.5 Å². The molecule has 0 aliphatic heterocycles. The van der Waals surface area contributed by atoms with E-state index in [1.807, 2.05) is 48.5 Å². The summed E-state index contributed by atoms with van der Waals surface area (Å²) in [7, 11) is 1.25. The minimum atomic E-state index is -1.18. The number of carboxylic acids is 1. The van der Waals surface area contributed by atoms with Crippen LogP contribution in [0.4, 0.5) is 0 Å². The first-order valence-electron chi connectivity index (χ1n) is 9.41. The maximum atomic E-state index is 12.9. The smallest absolute Gasteiger partial charge is 0.337 e. The van der Waals surface area contributed by atoms with E-state index in [1.54, 1.807) is 6.07 Å². The molecule has 3 aromatic carbocycles. The van der Waals surface area contributed by atoms with Gasteiger partial charge in [0.2, 0.25) is 0 Å². The number of fused-ring (bicyclic) bond motifs is 3. The van der Waals surface area contributed by atoms with E-state index in [2.05, 4.69) is 10.1 Å². The van der Waals surface area contributed by atoms with E-state index in [1.165, 1.54) is 25.3 Å². The van der Waals surface area contributed by atoms with Crippen molar-refractivity contribution in [1.29, 1.82) is 0 Å². The molecule has 2 N–H and O–H groups in total. The summed E-state index contributed by atoms with van der Waals surface area (Å²) in [6, 6.07) is 20.0. The van der Waals surface area contributed by atoms with Crippen LogP contribution < -0.4 is 5.32 Å². The molecule has 0 saturated heterocycles. The van der Waals surface area contributed by atoms with Crippen molar-refractivity contribution < 1.29 is 24.2 Å². The van der Waals surface area contributed by atoms with Gasteiger partial charge in [0.1, 0.15) is 6.04 Å². The van der Waals surface area contributed by atoms with E-state index in [0.29, 0.717) is 0 Å². The molecule has 0 radical (unpaired) electrons. The third-order valence-electron chi connectivity index (χ3n) is 5.31. The molecule has 150 valence electrons. The predicted molar refractivity (Wildman–Crippen MR) is 110 cm³/mol. The molecule has 6 nitrogen and oxygen atoms in total. The second-order valence-electron chi connectivity index (χ2n) is 7.01. The highest BCUT2D eigenvalue weighted by Crippen LogP contribution is 2.46. The first-order chi connectivity index (χ1) is 14.5. The Hall–Kier alpha value is -3.93. The monoisotopic (exact) mass is 401 g/mol. The Labute approximate surface area is 173 Å². The summed E-state index contributed by atoms with van der Waals surface area (Å²) in [5.41, 5.74) is 4.04. The summed E-state index contributed by atoms with van der Waals surface area (Å²) in [4.78, 5) is 36.8. The summed E-state index contributed by atoms with van der Waals surface area (Å²) < 4.78 is 4.68. The molecular formula is C24H19NO5. The Morgan fingerprint density at radius 1 is 0.867 bits per heavy atom. The quantitative estimate of drug-likeness (QED) is 0.639. The molecule has 1 atom stereocenters. The highest BCUT2D eigenvalue weighted by atomic mass is 16.5. The lowest BCUT2D eigenvalue weighted by atomic mass is 9.89. The number of hydrogen-bond donors (Lipinski definition) is 2. The Morgan fingerprint density at radius 2 is 1.43 bits per heavy atom. The highest BCUT2D eigenvalue weighted by molar-refractivity contribution is 6.00. The number of nitrogens with one attached hydrogen (secondary N) is 1. The van der Waals surface area contributed by atoms with Crippen LogP contribution in [0.15, 0.2) is 72.8 Å². The third kappa shape index (κ3) is 3.33. The van der Waals surface area contributed by atoms with Crippen molar-refractivity contribution in [3.05, 3.63) is 95.1 Å². The van der Waals surface area contributed by atoms with Gasteiger partial charge < -0.3 is 15.2 Å². The molecule has 0 bridgehead atoms. The third-order valence-corrected chi connectivity index (χ3v) is 5.31. The molecule has 0 aromatic heterocycles. The molecule has 0 unspecified atom stereocenters. The lowest BCUT2D eigenvalue weighted by Gasteiger charge is -2.23. The van der Waals surface area contributed by atoms with Crippen LogP contribution in [0, 0.1) is 0 Å². The van der Waals surface area contributed by atoms with Gasteiger partial charge in [-0.3, -0.25) is 4.79 Å². The normalized spacial score (nSPS) is 13.1. The van der Waals surface area contributed by atoms with Crippen molar-refractivity contribution in [1.82, 2.24) is 5.32 Å². The Kier molecular flexibility index (Phi) is 5.06. The highest BCUT2D eigenvalue weighted by Gasteiger charge is 2.39. The fourth-order valence-corrected chi connectivity index (χ4v) is 3.97. The number of esters is 1. The van der Waals surface area contributed by atoms with Crippen LogP contribution in [0.3, 0.4) is 0 Å². The Bertz CT molecular complexity index is 1110. The second-order valence-corrected chi connectivity index (χ2v) is 7.01. The minimum Gasteiger partial charge on any atom is -0.480 e. The molecule has 1 aliphatic rings. The predicted octanol–water partition coefficient (Wildman–Crippen LogP) is 3.47. The number of carbonyl (C=O) groups is 3. The van der Waals surface area contributed by atoms with Crippen molar-refractivity contribution in [2.24, 2.45) is 0 Å². The Morgan fingerprint density at radius 3 is 2.00 bits per heavy atom. The molecule has 0 saturated carbocycles. The fourth-order valence-electron chi connectivity index (χ4n) is 3.97. The number of carbonyl (C=O) groups excluding carboxylic acids is 2. The van der Waals surface area contributed by atoms with Gasteiger partial charge in [-0.2, -0.15) is 0 Å². The second kappa shape index (κ2) is 7.83. The maximum absolute atomic E-state index is 12.9. The number of carboxylic acid groups (broad SMARTS) is 1. The van der Waals surface area contributed by atoms with E-state index in [0.717, 1.165) is 22.3 Å². The van der Waals surface area contributed by atoms with Crippen LogP contribution in [-0.2, 0) is 9.53 Å². The SMILES string of the molecule is COC(=O)c1cccc(C(=O)N[C@@H](C(=O)O)C2c3ccccc3-c3ccccc32)c1. The van der Waals surface area contributed by atoms with Crippen LogP contribution in [0.25, 0.3) is 11.1 Å². The molecule has 0 fully saturated rings. The van der Waals surface area contributed by atoms with Crippen LogP contribution in [0.1, 0.15) is 37.8 Å². The van der Waals surface area contributed by atoms with Crippen molar-refractivity contribution in [3.63, 3.8) is 0 Å². The van der Waals surface area contributed by atoms with E-state index in [4.69, 9.17) is 0 Å². The number of amides is 1. The van der Waals surface area contributed by atoms with Crippen molar-refractivity contribution in [3.8, 4) is 11.1 Å². The fraction of sp³-hybridized carbons (Fsp3) is 0.125. The summed E-state index contributed by atoms with van der Waals surface area (Å²) in [6.07, 6.45) is 0. The topological polar surface area (TPSA) is 92.7 Å². The van der Waals surface area contributed by atoms with Crippen LogP contribution in [0.5, 0.6) is 0 Å². The summed E-state index contributed by atoms with van der Waals surface area (Å²) in [5.74, 6) is -2.81. The number of benzene rings is 3. The molecule has 3 aromatic rings. The lowest BCUT2D eigenvalue weighted by Crippen LogP contribution is -2.45. The first kappa shape index (κ1) is 19.4. The zero-order valence-corrected chi connectivity index (χ0v) is 16.2. The molecule has 0 spiro atoms. The molecule has 1 aliphatic carbocycles. The number of aliphatic carboxylic acids is 1.